The molecule has 0 aliphatic carbocycles. The van der Waals surface area contributed by atoms with E-state index in [0.29, 0.717) is 12.8 Å². The first-order chi connectivity index (χ1) is 9.45. The summed E-state index contributed by atoms with van der Waals surface area (Å²) in [5.74, 6) is -1.11. The van der Waals surface area contributed by atoms with Crippen LogP contribution in [0.1, 0.15) is 51.6 Å². The fourth-order valence-electron chi connectivity index (χ4n) is 2.30. The average Bonchev–Trinajstić information content (AvgIpc) is 2.45. The molecule has 1 atom stereocenters. The van der Waals surface area contributed by atoms with Crippen LogP contribution in [0.3, 0.4) is 0 Å². The Morgan fingerprint density at radius 1 is 1.20 bits per heavy atom. The smallest absolute Gasteiger partial charge is 0.310 e. The minimum Gasteiger partial charge on any atom is -0.481 e. The van der Waals surface area contributed by atoms with Gasteiger partial charge in [-0.05, 0) is 25.3 Å². The average molecular weight is 277 g/mol. The maximum atomic E-state index is 12.1. The Hall–Kier alpha value is -1.84. The zero-order valence-electron chi connectivity index (χ0n) is 12.3. The fourth-order valence-corrected chi connectivity index (χ4v) is 2.30. The van der Waals surface area contributed by atoms with Crippen LogP contribution in [0.25, 0.3) is 0 Å². The highest BCUT2D eigenvalue weighted by Crippen LogP contribution is 2.31. The van der Waals surface area contributed by atoms with Gasteiger partial charge in [-0.3, -0.25) is 9.59 Å². The van der Waals surface area contributed by atoms with Crippen molar-refractivity contribution in [3.63, 3.8) is 0 Å². The van der Waals surface area contributed by atoms with E-state index < -0.39 is 11.4 Å². The largest absolute Gasteiger partial charge is 0.481 e. The number of rotatable bonds is 7. The number of benzene rings is 1. The molecule has 1 rings (SSSR count). The molecule has 2 N–H and O–H groups in total. The molecule has 0 unspecified atom stereocenters. The van der Waals surface area contributed by atoms with Gasteiger partial charge in [-0.1, -0.05) is 44.2 Å². The van der Waals surface area contributed by atoms with E-state index in [1.165, 1.54) is 0 Å². The van der Waals surface area contributed by atoms with Crippen LogP contribution < -0.4 is 5.32 Å². The lowest BCUT2D eigenvalue weighted by Crippen LogP contribution is -2.37. The van der Waals surface area contributed by atoms with Crippen molar-refractivity contribution in [3.8, 4) is 0 Å². The molecule has 0 radical (unpaired) electrons. The summed E-state index contributed by atoms with van der Waals surface area (Å²) in [5, 5.41) is 12.2. The van der Waals surface area contributed by atoms with Crippen molar-refractivity contribution in [1.29, 1.82) is 0 Å². The molecule has 0 aromatic heterocycles. The SMILES string of the molecule is CCC(CC)(CC(=O)N[C@@H](C)c1ccccc1)C(=O)O. The number of hydrogen-bond acceptors (Lipinski definition) is 2. The van der Waals surface area contributed by atoms with Crippen LogP contribution in [0, 0.1) is 5.41 Å². The summed E-state index contributed by atoms with van der Waals surface area (Å²) in [4.78, 5) is 23.5. The van der Waals surface area contributed by atoms with E-state index in [2.05, 4.69) is 5.32 Å². The van der Waals surface area contributed by atoms with Crippen LogP contribution in [0.5, 0.6) is 0 Å². The van der Waals surface area contributed by atoms with Crippen LogP contribution in [-0.4, -0.2) is 17.0 Å². The minimum absolute atomic E-state index is 0.0203. The summed E-state index contributed by atoms with van der Waals surface area (Å²) in [6.45, 7) is 5.52. The molecule has 0 spiro atoms. The highest BCUT2D eigenvalue weighted by atomic mass is 16.4. The maximum absolute atomic E-state index is 12.1. The van der Waals surface area contributed by atoms with Gasteiger partial charge in [0.1, 0.15) is 0 Å². The molecule has 0 saturated heterocycles. The normalized spacial score (nSPS) is 12.8. The summed E-state index contributed by atoms with van der Waals surface area (Å²) in [5.41, 5.74) is 0.0512. The molecule has 4 heteroatoms. The van der Waals surface area contributed by atoms with Crippen molar-refractivity contribution in [3.05, 3.63) is 35.9 Å². The molecule has 0 fully saturated rings. The molecule has 0 heterocycles. The van der Waals surface area contributed by atoms with E-state index in [4.69, 9.17) is 0 Å². The Kier molecular flexibility index (Phi) is 5.74. The first kappa shape index (κ1) is 16.2. The zero-order chi connectivity index (χ0) is 15.2. The third kappa shape index (κ3) is 3.83. The number of carboxylic acids is 1. The van der Waals surface area contributed by atoms with Crippen LogP contribution >= 0.6 is 0 Å². The molecule has 0 bridgehead atoms. The van der Waals surface area contributed by atoms with Gasteiger partial charge in [0.25, 0.3) is 0 Å². The highest BCUT2D eigenvalue weighted by molar-refractivity contribution is 5.85. The topological polar surface area (TPSA) is 66.4 Å². The van der Waals surface area contributed by atoms with Gasteiger partial charge in [-0.25, -0.2) is 0 Å². The number of aliphatic carboxylic acids is 1. The molecule has 20 heavy (non-hydrogen) atoms. The summed E-state index contributed by atoms with van der Waals surface area (Å²) in [7, 11) is 0. The minimum atomic E-state index is -0.958. The van der Waals surface area contributed by atoms with E-state index >= 15 is 0 Å². The number of carbonyl (C=O) groups is 2. The summed E-state index contributed by atoms with van der Waals surface area (Å²) >= 11 is 0. The van der Waals surface area contributed by atoms with Crippen LogP contribution in [-0.2, 0) is 9.59 Å². The van der Waals surface area contributed by atoms with Crippen LogP contribution in [0.2, 0.25) is 0 Å². The Bertz CT molecular complexity index is 452. The number of nitrogens with one attached hydrogen (secondary N) is 1. The summed E-state index contributed by atoms with van der Waals surface area (Å²) in [6, 6.07) is 9.50. The molecule has 0 saturated carbocycles. The predicted octanol–water partition coefficient (Wildman–Crippen LogP) is 3.14. The number of carbonyl (C=O) groups excluding carboxylic acids is 1. The molecule has 1 aromatic rings. The lowest BCUT2D eigenvalue weighted by Gasteiger charge is -2.26. The second kappa shape index (κ2) is 7.08. The Balaban J connectivity index is 2.70. The highest BCUT2D eigenvalue weighted by Gasteiger charge is 2.37. The molecule has 1 amide bonds. The molecule has 0 aliphatic rings. The summed E-state index contributed by atoms with van der Waals surface area (Å²) in [6.07, 6.45) is 0.921. The lowest BCUT2D eigenvalue weighted by atomic mass is 9.79. The molecule has 0 aliphatic heterocycles. The number of carboxylic acid groups (broad SMARTS) is 1. The van der Waals surface area contributed by atoms with E-state index in [1.54, 1.807) is 0 Å². The van der Waals surface area contributed by atoms with Crippen molar-refractivity contribution in [2.75, 3.05) is 0 Å². The van der Waals surface area contributed by atoms with Crippen molar-refractivity contribution < 1.29 is 14.7 Å². The van der Waals surface area contributed by atoms with Gasteiger partial charge in [0, 0.05) is 6.42 Å². The first-order valence-corrected chi connectivity index (χ1v) is 7.03. The van der Waals surface area contributed by atoms with Gasteiger partial charge in [0.05, 0.1) is 11.5 Å². The van der Waals surface area contributed by atoms with E-state index in [-0.39, 0.29) is 18.4 Å². The number of amides is 1. The molecule has 1 aromatic carbocycles. The zero-order valence-corrected chi connectivity index (χ0v) is 12.3. The number of hydrogen-bond donors (Lipinski definition) is 2. The van der Waals surface area contributed by atoms with E-state index in [0.717, 1.165) is 5.56 Å². The lowest BCUT2D eigenvalue weighted by molar-refractivity contribution is -0.152. The Labute approximate surface area is 120 Å². The van der Waals surface area contributed by atoms with Gasteiger partial charge >= 0.3 is 5.97 Å². The molecular formula is C16H23NO3. The van der Waals surface area contributed by atoms with Crippen molar-refractivity contribution >= 4 is 11.9 Å². The molecule has 4 nitrogen and oxygen atoms in total. The van der Waals surface area contributed by atoms with Crippen LogP contribution in [0.4, 0.5) is 0 Å². The Morgan fingerprint density at radius 3 is 2.20 bits per heavy atom. The van der Waals surface area contributed by atoms with Crippen molar-refractivity contribution in [2.24, 2.45) is 5.41 Å². The quantitative estimate of drug-likeness (QED) is 0.804. The van der Waals surface area contributed by atoms with Crippen LogP contribution in [0.15, 0.2) is 30.3 Å². The maximum Gasteiger partial charge on any atom is 0.310 e. The molecular weight excluding hydrogens is 254 g/mol. The standard InChI is InChI=1S/C16H23NO3/c1-4-16(5-2,15(19)20)11-14(18)17-12(3)13-9-7-6-8-10-13/h6-10,12H,4-5,11H2,1-3H3,(H,17,18)(H,19,20)/t12-/m0/s1. The van der Waals surface area contributed by atoms with Gasteiger partial charge in [-0.2, -0.15) is 0 Å². The summed E-state index contributed by atoms with van der Waals surface area (Å²) < 4.78 is 0. The first-order valence-electron chi connectivity index (χ1n) is 7.03. The van der Waals surface area contributed by atoms with Gasteiger partial charge in [0.2, 0.25) is 5.91 Å². The Morgan fingerprint density at radius 2 is 1.75 bits per heavy atom. The van der Waals surface area contributed by atoms with E-state index in [9.17, 15) is 14.7 Å². The second-order valence-corrected chi connectivity index (χ2v) is 5.17. The van der Waals surface area contributed by atoms with Crippen molar-refractivity contribution in [2.45, 2.75) is 46.1 Å². The molecule has 110 valence electrons. The van der Waals surface area contributed by atoms with Gasteiger partial charge in [-0.15, -0.1) is 0 Å². The van der Waals surface area contributed by atoms with Crippen molar-refractivity contribution in [1.82, 2.24) is 5.32 Å². The van der Waals surface area contributed by atoms with Gasteiger partial charge < -0.3 is 10.4 Å². The van der Waals surface area contributed by atoms with Gasteiger partial charge in [0.15, 0.2) is 0 Å². The predicted molar refractivity (Wildman–Crippen MR) is 78.3 cm³/mol. The third-order valence-electron chi connectivity index (χ3n) is 3.98. The van der Waals surface area contributed by atoms with E-state index in [1.807, 2.05) is 51.1 Å². The monoisotopic (exact) mass is 277 g/mol. The fraction of sp³-hybridized carbons (Fsp3) is 0.500. The third-order valence-corrected chi connectivity index (χ3v) is 3.98. The second-order valence-electron chi connectivity index (χ2n) is 5.17.